The number of fused-ring (bicyclic) bond motifs is 1. The molecule has 0 atom stereocenters. The zero-order chi connectivity index (χ0) is 13.4. The highest BCUT2D eigenvalue weighted by molar-refractivity contribution is 6.10. The number of hydrogen-bond acceptors (Lipinski definition) is 4. The quantitative estimate of drug-likeness (QED) is 0.600. The fraction of sp³-hybridized carbons (Fsp3) is 0.0714. The van der Waals surface area contributed by atoms with E-state index >= 15 is 0 Å². The predicted molar refractivity (Wildman–Crippen MR) is 68.6 cm³/mol. The second-order valence-corrected chi connectivity index (χ2v) is 4.20. The first kappa shape index (κ1) is 11.4. The average Bonchev–Trinajstić information content (AvgIpc) is 2.78. The summed E-state index contributed by atoms with van der Waals surface area (Å²) in [7, 11) is 0. The van der Waals surface area contributed by atoms with E-state index in [1.165, 1.54) is 6.08 Å². The van der Waals surface area contributed by atoms with Gasteiger partial charge in [-0.15, -0.1) is 0 Å². The van der Waals surface area contributed by atoms with Crippen molar-refractivity contribution in [2.45, 2.75) is 6.42 Å². The van der Waals surface area contributed by atoms with Crippen LogP contribution in [0.2, 0.25) is 0 Å². The summed E-state index contributed by atoms with van der Waals surface area (Å²) >= 11 is 0. The van der Waals surface area contributed by atoms with E-state index in [0.717, 1.165) is 0 Å². The first-order chi connectivity index (χ1) is 9.16. The van der Waals surface area contributed by atoms with Gasteiger partial charge in [-0.3, -0.25) is 14.9 Å². The van der Waals surface area contributed by atoms with Gasteiger partial charge in [0.25, 0.3) is 0 Å². The minimum Gasteiger partial charge on any atom is -0.400 e. The number of ketones is 1. The molecule has 1 aliphatic carbocycles. The molecule has 1 heterocycles. The summed E-state index contributed by atoms with van der Waals surface area (Å²) in [5.74, 6) is -0.404. The Labute approximate surface area is 107 Å². The molecule has 0 amide bonds. The highest BCUT2D eigenvalue weighted by Gasteiger charge is 2.25. The fourth-order valence-electron chi connectivity index (χ4n) is 2.17. The molecule has 94 valence electrons. The van der Waals surface area contributed by atoms with Crippen LogP contribution in [0.4, 0.5) is 5.88 Å². The van der Waals surface area contributed by atoms with Gasteiger partial charge >= 0.3 is 5.88 Å². The Bertz CT molecular complexity index is 787. The van der Waals surface area contributed by atoms with Gasteiger partial charge in [0.05, 0.1) is 0 Å². The summed E-state index contributed by atoms with van der Waals surface area (Å²) in [6.45, 7) is 0. The van der Waals surface area contributed by atoms with Crippen LogP contribution >= 0.6 is 0 Å². The molecule has 1 aromatic heterocycles. The predicted octanol–water partition coefficient (Wildman–Crippen LogP) is 1.39. The molecule has 0 unspecified atom stereocenters. The molecule has 19 heavy (non-hydrogen) atoms. The molecule has 0 saturated heterocycles. The van der Waals surface area contributed by atoms with Crippen LogP contribution in [-0.4, -0.2) is 10.7 Å². The Hall–Kier alpha value is -2.69. The second-order valence-electron chi connectivity index (χ2n) is 4.20. The molecule has 0 N–H and O–H groups in total. The van der Waals surface area contributed by atoms with Gasteiger partial charge in [-0.25, -0.2) is 0 Å². The van der Waals surface area contributed by atoms with E-state index < -0.39 is 4.92 Å². The zero-order valence-electron chi connectivity index (χ0n) is 9.83. The molecule has 1 aliphatic rings. The van der Waals surface area contributed by atoms with Gasteiger partial charge in [-0.1, -0.05) is 30.3 Å². The largest absolute Gasteiger partial charge is 0.442 e. The fourth-order valence-corrected chi connectivity index (χ4v) is 2.17. The zero-order valence-corrected chi connectivity index (χ0v) is 9.83. The SMILES string of the molecule is O=C1C=c2c(-c3ccccc3)c([N+](=O)[O-])oc2=CC1. The molecule has 1 aromatic carbocycles. The first-order valence-corrected chi connectivity index (χ1v) is 5.74. The maximum atomic E-state index is 11.5. The third-order valence-electron chi connectivity index (χ3n) is 2.98. The normalized spacial score (nSPS) is 13.4. The van der Waals surface area contributed by atoms with Crippen LogP contribution in [0.15, 0.2) is 34.7 Å². The molecule has 0 radical (unpaired) electrons. The number of hydrogen-bond donors (Lipinski definition) is 0. The van der Waals surface area contributed by atoms with Gasteiger partial charge in [0.1, 0.15) is 15.9 Å². The van der Waals surface area contributed by atoms with Crippen LogP contribution in [0.3, 0.4) is 0 Å². The second kappa shape index (κ2) is 4.20. The molecule has 3 rings (SSSR count). The third kappa shape index (κ3) is 1.85. The Morgan fingerprint density at radius 2 is 1.95 bits per heavy atom. The van der Waals surface area contributed by atoms with E-state index in [2.05, 4.69) is 0 Å². The number of Topliss-reactive ketones (excluding diaryl/α,β-unsaturated/α-hetero) is 1. The third-order valence-corrected chi connectivity index (χ3v) is 2.98. The van der Waals surface area contributed by atoms with Crippen molar-refractivity contribution < 1.29 is 14.1 Å². The van der Waals surface area contributed by atoms with Crippen LogP contribution in [0, 0.1) is 10.1 Å². The molecule has 0 bridgehead atoms. The molecular formula is C14H9NO4. The van der Waals surface area contributed by atoms with Crippen LogP contribution in [-0.2, 0) is 4.79 Å². The maximum Gasteiger partial charge on any atom is 0.442 e. The standard InChI is InChI=1S/C14H9NO4/c16-10-6-7-12-11(8-10)13(14(19-12)15(17)18)9-4-2-1-3-5-9/h1-5,7-8H,6H2. The Morgan fingerprint density at radius 1 is 1.21 bits per heavy atom. The molecule has 5 nitrogen and oxygen atoms in total. The van der Waals surface area contributed by atoms with Gasteiger partial charge in [0.2, 0.25) is 0 Å². The van der Waals surface area contributed by atoms with E-state index in [-0.39, 0.29) is 18.1 Å². The number of furan rings is 1. The Morgan fingerprint density at radius 3 is 2.63 bits per heavy atom. The monoisotopic (exact) mass is 255 g/mol. The number of nitro groups is 1. The summed E-state index contributed by atoms with van der Waals surface area (Å²) in [5, 5.41) is 11.6. The van der Waals surface area contributed by atoms with E-state index in [4.69, 9.17) is 4.42 Å². The van der Waals surface area contributed by atoms with Crippen LogP contribution in [0.5, 0.6) is 0 Å². The lowest BCUT2D eigenvalue weighted by Crippen LogP contribution is -2.26. The Balaban J connectivity index is 2.41. The molecule has 0 saturated carbocycles. The number of nitrogens with zero attached hydrogens (tertiary/aromatic N) is 1. The summed E-state index contributed by atoms with van der Waals surface area (Å²) in [6.07, 6.45) is 3.21. The van der Waals surface area contributed by atoms with Crippen molar-refractivity contribution in [1.29, 1.82) is 0 Å². The van der Waals surface area contributed by atoms with Crippen LogP contribution in [0.1, 0.15) is 6.42 Å². The van der Waals surface area contributed by atoms with Crippen molar-refractivity contribution in [3.63, 3.8) is 0 Å². The summed E-state index contributed by atoms with van der Waals surface area (Å²) < 4.78 is 5.26. The molecular weight excluding hydrogens is 246 g/mol. The van der Waals surface area contributed by atoms with Gasteiger partial charge in [0, 0.05) is 11.6 Å². The highest BCUT2D eigenvalue weighted by Crippen LogP contribution is 2.25. The van der Waals surface area contributed by atoms with Crippen molar-refractivity contribution in [3.8, 4) is 11.1 Å². The van der Waals surface area contributed by atoms with Gasteiger partial charge < -0.3 is 4.42 Å². The number of benzene rings is 1. The van der Waals surface area contributed by atoms with Gasteiger partial charge in [-0.05, 0) is 17.7 Å². The lowest BCUT2D eigenvalue weighted by atomic mass is 10.0. The van der Waals surface area contributed by atoms with Crippen LogP contribution < -0.4 is 10.6 Å². The topological polar surface area (TPSA) is 73.3 Å². The minimum absolute atomic E-state index is 0.0830. The Kier molecular flexibility index (Phi) is 2.52. The smallest absolute Gasteiger partial charge is 0.400 e. The van der Waals surface area contributed by atoms with Gasteiger partial charge in [0.15, 0.2) is 5.78 Å². The van der Waals surface area contributed by atoms with E-state index in [0.29, 0.717) is 21.8 Å². The van der Waals surface area contributed by atoms with Crippen molar-refractivity contribution in [1.82, 2.24) is 0 Å². The van der Waals surface area contributed by atoms with E-state index in [9.17, 15) is 14.9 Å². The van der Waals surface area contributed by atoms with Gasteiger partial charge in [-0.2, -0.15) is 0 Å². The van der Waals surface area contributed by atoms with E-state index in [1.807, 2.05) is 6.07 Å². The number of carbonyl (C=O) groups excluding carboxylic acids is 1. The number of rotatable bonds is 2. The summed E-state index contributed by atoms with van der Waals surface area (Å²) in [5.41, 5.74) is 1.42. The van der Waals surface area contributed by atoms with Crippen molar-refractivity contribution in [2.24, 2.45) is 0 Å². The molecule has 5 heteroatoms. The molecule has 0 spiro atoms. The highest BCUT2D eigenvalue weighted by atomic mass is 16.6. The van der Waals surface area contributed by atoms with Crippen molar-refractivity contribution in [3.05, 3.63) is 51.1 Å². The minimum atomic E-state index is -0.563. The molecule has 0 fully saturated rings. The van der Waals surface area contributed by atoms with E-state index in [1.54, 1.807) is 30.3 Å². The lowest BCUT2D eigenvalue weighted by Gasteiger charge is -1.97. The molecule has 0 aliphatic heterocycles. The lowest BCUT2D eigenvalue weighted by molar-refractivity contribution is -0.401. The average molecular weight is 255 g/mol. The number of carbonyl (C=O) groups is 1. The van der Waals surface area contributed by atoms with Crippen LogP contribution in [0.25, 0.3) is 23.3 Å². The summed E-state index contributed by atoms with van der Waals surface area (Å²) in [4.78, 5) is 22.0. The van der Waals surface area contributed by atoms with Crippen molar-refractivity contribution in [2.75, 3.05) is 0 Å². The summed E-state index contributed by atoms with van der Waals surface area (Å²) in [6, 6.07) is 8.90. The maximum absolute atomic E-state index is 11.5. The molecule has 2 aromatic rings. The first-order valence-electron chi connectivity index (χ1n) is 5.74. The van der Waals surface area contributed by atoms with Crippen molar-refractivity contribution >= 4 is 23.8 Å².